The highest BCUT2D eigenvalue weighted by Gasteiger charge is 2.33. The third kappa shape index (κ3) is 2.08. The minimum atomic E-state index is -0.171. The maximum Gasteiger partial charge on any atom is 0.231 e. The third-order valence-corrected chi connectivity index (χ3v) is 3.72. The molecule has 0 radical (unpaired) electrons. The zero-order valence-electron chi connectivity index (χ0n) is 8.74. The molecule has 1 saturated heterocycles. The van der Waals surface area contributed by atoms with Crippen LogP contribution in [0.3, 0.4) is 0 Å². The summed E-state index contributed by atoms with van der Waals surface area (Å²) in [4.78, 5) is 13.2. The number of carbonyl (C=O) groups is 1. The van der Waals surface area contributed by atoms with E-state index in [1.165, 1.54) is 38.5 Å². The first-order valence-electron chi connectivity index (χ1n) is 5.80. The second-order valence-corrected chi connectivity index (χ2v) is 4.69. The molecular formula is C11H20N2O. The largest absolute Gasteiger partial charge is 0.369 e. The standard InChI is InChI=1S/C11H20N2O/c12-11(14)8-13-7-3-6-10(13)9-4-1-2-5-9/h9-10H,1-8H2,(H2,12,14). The third-order valence-electron chi connectivity index (χ3n) is 3.72. The van der Waals surface area contributed by atoms with Crippen molar-refractivity contribution in [3.05, 3.63) is 0 Å². The predicted molar refractivity (Wildman–Crippen MR) is 55.7 cm³/mol. The molecule has 2 rings (SSSR count). The highest BCUT2D eigenvalue weighted by molar-refractivity contribution is 5.76. The lowest BCUT2D eigenvalue weighted by atomic mass is 9.96. The zero-order chi connectivity index (χ0) is 9.97. The number of likely N-dealkylation sites (tertiary alicyclic amines) is 1. The van der Waals surface area contributed by atoms with Gasteiger partial charge in [0.25, 0.3) is 0 Å². The first-order chi connectivity index (χ1) is 6.77. The van der Waals surface area contributed by atoms with Gasteiger partial charge in [-0.1, -0.05) is 12.8 Å². The topological polar surface area (TPSA) is 46.3 Å². The molecule has 3 nitrogen and oxygen atoms in total. The van der Waals surface area contributed by atoms with Gasteiger partial charge in [0, 0.05) is 6.04 Å². The molecule has 1 aliphatic heterocycles. The Hall–Kier alpha value is -0.570. The van der Waals surface area contributed by atoms with Crippen LogP contribution in [-0.2, 0) is 4.79 Å². The molecule has 14 heavy (non-hydrogen) atoms. The summed E-state index contributed by atoms with van der Waals surface area (Å²) in [5.74, 6) is 0.673. The molecular weight excluding hydrogens is 176 g/mol. The van der Waals surface area contributed by atoms with E-state index in [4.69, 9.17) is 5.73 Å². The van der Waals surface area contributed by atoms with E-state index in [-0.39, 0.29) is 5.91 Å². The zero-order valence-corrected chi connectivity index (χ0v) is 8.74. The van der Waals surface area contributed by atoms with Crippen LogP contribution in [0.25, 0.3) is 0 Å². The van der Waals surface area contributed by atoms with E-state index in [9.17, 15) is 4.79 Å². The molecule has 1 heterocycles. The number of hydrogen-bond donors (Lipinski definition) is 1. The van der Waals surface area contributed by atoms with Crippen molar-refractivity contribution >= 4 is 5.91 Å². The van der Waals surface area contributed by atoms with Gasteiger partial charge in [-0.25, -0.2) is 0 Å². The monoisotopic (exact) mass is 196 g/mol. The molecule has 0 aromatic carbocycles. The van der Waals surface area contributed by atoms with Crippen molar-refractivity contribution < 1.29 is 4.79 Å². The van der Waals surface area contributed by atoms with Crippen molar-refractivity contribution in [3.63, 3.8) is 0 Å². The Balaban J connectivity index is 1.92. The maximum absolute atomic E-state index is 10.9. The Morgan fingerprint density at radius 3 is 2.57 bits per heavy atom. The Morgan fingerprint density at radius 2 is 1.93 bits per heavy atom. The van der Waals surface area contributed by atoms with Crippen LogP contribution in [0.4, 0.5) is 0 Å². The number of rotatable bonds is 3. The molecule has 0 aromatic rings. The lowest BCUT2D eigenvalue weighted by Gasteiger charge is -2.28. The summed E-state index contributed by atoms with van der Waals surface area (Å²) in [6.45, 7) is 1.55. The summed E-state index contributed by atoms with van der Waals surface area (Å²) >= 11 is 0. The minimum absolute atomic E-state index is 0.171. The van der Waals surface area contributed by atoms with Crippen LogP contribution in [-0.4, -0.2) is 29.9 Å². The molecule has 2 fully saturated rings. The van der Waals surface area contributed by atoms with E-state index < -0.39 is 0 Å². The second kappa shape index (κ2) is 4.30. The number of nitrogens with zero attached hydrogens (tertiary/aromatic N) is 1. The fourth-order valence-corrected chi connectivity index (χ4v) is 3.12. The summed E-state index contributed by atoms with van der Waals surface area (Å²) in [5, 5.41) is 0. The number of primary amides is 1. The minimum Gasteiger partial charge on any atom is -0.369 e. The molecule has 1 saturated carbocycles. The smallest absolute Gasteiger partial charge is 0.231 e. The summed E-state index contributed by atoms with van der Waals surface area (Å²) < 4.78 is 0. The maximum atomic E-state index is 10.9. The van der Waals surface area contributed by atoms with Gasteiger partial charge in [0.1, 0.15) is 0 Å². The van der Waals surface area contributed by atoms with Crippen molar-refractivity contribution in [2.24, 2.45) is 11.7 Å². The first kappa shape index (κ1) is 9.97. The molecule has 3 heteroatoms. The normalized spacial score (nSPS) is 29.9. The number of amides is 1. The Labute approximate surface area is 85.6 Å². The van der Waals surface area contributed by atoms with Gasteiger partial charge in [-0.15, -0.1) is 0 Å². The molecule has 0 aromatic heterocycles. The number of hydrogen-bond acceptors (Lipinski definition) is 2. The van der Waals surface area contributed by atoms with Crippen molar-refractivity contribution in [1.29, 1.82) is 0 Å². The molecule has 0 bridgehead atoms. The summed E-state index contributed by atoms with van der Waals surface area (Å²) in [6.07, 6.45) is 8.00. The van der Waals surface area contributed by atoms with Gasteiger partial charge in [-0.05, 0) is 38.1 Å². The molecule has 80 valence electrons. The van der Waals surface area contributed by atoms with Crippen LogP contribution < -0.4 is 5.73 Å². The van der Waals surface area contributed by atoms with Gasteiger partial charge in [0.15, 0.2) is 0 Å². The van der Waals surface area contributed by atoms with Crippen LogP contribution in [0.5, 0.6) is 0 Å². The molecule has 0 spiro atoms. The van der Waals surface area contributed by atoms with E-state index in [0.29, 0.717) is 12.6 Å². The highest BCUT2D eigenvalue weighted by atomic mass is 16.1. The number of carbonyl (C=O) groups excluding carboxylic acids is 1. The van der Waals surface area contributed by atoms with E-state index in [2.05, 4.69) is 4.90 Å². The van der Waals surface area contributed by atoms with Crippen molar-refractivity contribution in [3.8, 4) is 0 Å². The fraction of sp³-hybridized carbons (Fsp3) is 0.909. The predicted octanol–water partition coefficient (Wildman–Crippen LogP) is 1.13. The summed E-state index contributed by atoms with van der Waals surface area (Å²) in [5.41, 5.74) is 5.25. The fourth-order valence-electron chi connectivity index (χ4n) is 3.12. The molecule has 1 amide bonds. The first-order valence-corrected chi connectivity index (χ1v) is 5.80. The van der Waals surface area contributed by atoms with Gasteiger partial charge in [-0.3, -0.25) is 9.69 Å². The van der Waals surface area contributed by atoms with Gasteiger partial charge < -0.3 is 5.73 Å². The molecule has 2 aliphatic rings. The van der Waals surface area contributed by atoms with Crippen LogP contribution in [0.2, 0.25) is 0 Å². The van der Waals surface area contributed by atoms with Gasteiger partial charge in [0.2, 0.25) is 5.91 Å². The van der Waals surface area contributed by atoms with Crippen LogP contribution >= 0.6 is 0 Å². The Morgan fingerprint density at radius 1 is 1.21 bits per heavy atom. The molecule has 2 N–H and O–H groups in total. The number of nitrogens with two attached hydrogens (primary N) is 1. The van der Waals surface area contributed by atoms with Crippen molar-refractivity contribution in [2.75, 3.05) is 13.1 Å². The van der Waals surface area contributed by atoms with Crippen LogP contribution in [0.15, 0.2) is 0 Å². The average molecular weight is 196 g/mol. The Kier molecular flexibility index (Phi) is 3.06. The van der Waals surface area contributed by atoms with Gasteiger partial charge >= 0.3 is 0 Å². The summed E-state index contributed by atoms with van der Waals surface area (Å²) in [7, 11) is 0. The van der Waals surface area contributed by atoms with Gasteiger partial charge in [0.05, 0.1) is 6.54 Å². The van der Waals surface area contributed by atoms with E-state index in [1.807, 2.05) is 0 Å². The lowest BCUT2D eigenvalue weighted by Crippen LogP contribution is -2.40. The van der Waals surface area contributed by atoms with E-state index in [1.54, 1.807) is 0 Å². The average Bonchev–Trinajstić information content (AvgIpc) is 2.70. The highest BCUT2D eigenvalue weighted by Crippen LogP contribution is 2.34. The SMILES string of the molecule is NC(=O)CN1CCCC1C1CCCC1. The van der Waals surface area contributed by atoms with Crippen molar-refractivity contribution in [1.82, 2.24) is 4.90 Å². The molecule has 1 aliphatic carbocycles. The quantitative estimate of drug-likeness (QED) is 0.735. The summed E-state index contributed by atoms with van der Waals surface area (Å²) in [6, 6.07) is 0.657. The van der Waals surface area contributed by atoms with Gasteiger partial charge in [-0.2, -0.15) is 0 Å². The Bertz CT molecular complexity index is 211. The lowest BCUT2D eigenvalue weighted by molar-refractivity contribution is -0.119. The second-order valence-electron chi connectivity index (χ2n) is 4.69. The molecule has 1 unspecified atom stereocenters. The van der Waals surface area contributed by atoms with Crippen LogP contribution in [0, 0.1) is 5.92 Å². The van der Waals surface area contributed by atoms with E-state index in [0.717, 1.165) is 12.5 Å². The molecule has 1 atom stereocenters. The van der Waals surface area contributed by atoms with Crippen LogP contribution in [0.1, 0.15) is 38.5 Å². The van der Waals surface area contributed by atoms with Crippen molar-refractivity contribution in [2.45, 2.75) is 44.6 Å². The van der Waals surface area contributed by atoms with E-state index >= 15 is 0 Å².